The predicted molar refractivity (Wildman–Crippen MR) is 98.1 cm³/mol. The largest absolute Gasteiger partial charge is 0.326 e. The molecule has 138 valence electrons. The van der Waals surface area contributed by atoms with Crippen molar-refractivity contribution in [3.63, 3.8) is 0 Å². The number of benzene rings is 1. The van der Waals surface area contributed by atoms with Crippen LogP contribution < -0.4 is 5.32 Å². The fourth-order valence-corrected chi connectivity index (χ4v) is 4.56. The van der Waals surface area contributed by atoms with Crippen molar-refractivity contribution in [3.05, 3.63) is 29.8 Å². The number of nitrogens with zero attached hydrogens (tertiary/aromatic N) is 1. The summed E-state index contributed by atoms with van der Waals surface area (Å²) in [6.45, 7) is 4.26. The number of Topliss-reactive ketones (excluding diaryl/α,β-unsaturated/α-hetero) is 1. The highest BCUT2D eigenvalue weighted by Crippen LogP contribution is 2.22. The van der Waals surface area contributed by atoms with E-state index in [4.69, 9.17) is 0 Å². The summed E-state index contributed by atoms with van der Waals surface area (Å²) >= 11 is 0. The van der Waals surface area contributed by atoms with Gasteiger partial charge in [-0.1, -0.05) is 13.3 Å². The van der Waals surface area contributed by atoms with Crippen LogP contribution in [0.15, 0.2) is 24.3 Å². The second-order valence-corrected chi connectivity index (χ2v) is 8.55. The van der Waals surface area contributed by atoms with Crippen LogP contribution in [-0.2, 0) is 14.8 Å². The molecule has 7 heteroatoms. The maximum atomic E-state index is 12.4. The second-order valence-electron chi connectivity index (χ2n) is 6.47. The fraction of sp³-hybridized carbons (Fsp3) is 0.556. The van der Waals surface area contributed by atoms with E-state index in [2.05, 4.69) is 5.32 Å². The van der Waals surface area contributed by atoms with E-state index in [9.17, 15) is 18.0 Å². The van der Waals surface area contributed by atoms with Gasteiger partial charge in [0, 0.05) is 30.3 Å². The summed E-state index contributed by atoms with van der Waals surface area (Å²) in [5, 5.41) is 2.85. The number of sulfonamides is 1. The molecule has 1 saturated heterocycles. The minimum Gasteiger partial charge on any atom is -0.326 e. The molecule has 1 amide bonds. The van der Waals surface area contributed by atoms with E-state index in [-0.39, 0.29) is 23.4 Å². The molecular weight excluding hydrogens is 340 g/mol. The topological polar surface area (TPSA) is 83.6 Å². The lowest BCUT2D eigenvalue weighted by Crippen LogP contribution is -2.42. The number of carbonyl (C=O) groups excluding carboxylic acids is 2. The molecule has 0 saturated carbocycles. The molecule has 1 fully saturated rings. The molecule has 1 aromatic carbocycles. The number of ketones is 1. The summed E-state index contributed by atoms with van der Waals surface area (Å²) in [6, 6.07) is 6.78. The van der Waals surface area contributed by atoms with E-state index in [1.54, 1.807) is 24.3 Å². The minimum atomic E-state index is -3.20. The molecule has 0 unspecified atom stereocenters. The zero-order valence-electron chi connectivity index (χ0n) is 14.8. The monoisotopic (exact) mass is 366 g/mol. The van der Waals surface area contributed by atoms with E-state index in [0.717, 1.165) is 6.42 Å². The molecule has 0 radical (unpaired) electrons. The van der Waals surface area contributed by atoms with Crippen LogP contribution in [0.2, 0.25) is 0 Å². The lowest BCUT2D eigenvalue weighted by molar-refractivity contribution is -0.120. The van der Waals surface area contributed by atoms with Crippen molar-refractivity contribution in [2.75, 3.05) is 24.2 Å². The van der Waals surface area contributed by atoms with Crippen LogP contribution in [0.5, 0.6) is 0 Å². The Hall–Kier alpha value is -1.73. The summed E-state index contributed by atoms with van der Waals surface area (Å²) in [4.78, 5) is 23.6. The van der Waals surface area contributed by atoms with E-state index in [1.807, 2.05) is 6.92 Å². The molecular formula is C18H26N2O4S. The average Bonchev–Trinajstić information content (AvgIpc) is 2.60. The molecule has 0 spiro atoms. The number of unbranched alkanes of at least 4 members (excludes halogenated alkanes) is 1. The van der Waals surface area contributed by atoms with E-state index in [1.165, 1.54) is 11.2 Å². The quantitative estimate of drug-likeness (QED) is 0.752. The van der Waals surface area contributed by atoms with Crippen molar-refractivity contribution in [1.82, 2.24) is 4.31 Å². The van der Waals surface area contributed by atoms with Gasteiger partial charge in [-0.15, -0.1) is 0 Å². The molecule has 1 aliphatic rings. The Morgan fingerprint density at radius 2 is 1.76 bits per heavy atom. The van der Waals surface area contributed by atoms with Gasteiger partial charge in [-0.2, -0.15) is 0 Å². The van der Waals surface area contributed by atoms with Crippen molar-refractivity contribution in [2.45, 2.75) is 39.5 Å². The number of hydrogen-bond donors (Lipinski definition) is 1. The first-order chi connectivity index (χ1) is 11.8. The smallest absolute Gasteiger partial charge is 0.227 e. The van der Waals surface area contributed by atoms with Gasteiger partial charge in [0.15, 0.2) is 5.78 Å². The van der Waals surface area contributed by atoms with Crippen molar-refractivity contribution in [1.29, 1.82) is 0 Å². The van der Waals surface area contributed by atoms with E-state index >= 15 is 0 Å². The summed E-state index contributed by atoms with van der Waals surface area (Å²) in [5.41, 5.74) is 1.25. The van der Waals surface area contributed by atoms with Gasteiger partial charge in [0.2, 0.25) is 15.9 Å². The normalized spacial score (nSPS) is 16.6. The third kappa shape index (κ3) is 5.37. The maximum absolute atomic E-state index is 12.4. The zero-order valence-corrected chi connectivity index (χ0v) is 15.6. The summed E-state index contributed by atoms with van der Waals surface area (Å²) in [6.07, 6.45) is 2.57. The minimum absolute atomic E-state index is 0.0190. The Bertz CT molecular complexity index is 705. The molecule has 0 aliphatic carbocycles. The Morgan fingerprint density at radius 3 is 2.28 bits per heavy atom. The molecule has 0 aromatic heterocycles. The van der Waals surface area contributed by atoms with Gasteiger partial charge in [-0.25, -0.2) is 12.7 Å². The predicted octanol–water partition coefficient (Wildman–Crippen LogP) is 2.67. The number of hydrogen-bond acceptors (Lipinski definition) is 4. The number of rotatable bonds is 7. The highest BCUT2D eigenvalue weighted by atomic mass is 32.2. The number of anilines is 1. The van der Waals surface area contributed by atoms with Gasteiger partial charge in [-0.3, -0.25) is 9.59 Å². The summed E-state index contributed by atoms with van der Waals surface area (Å²) < 4.78 is 25.9. The SMILES string of the molecule is CCCCS(=O)(=O)N1CCC(C(=O)Nc2ccc(C(C)=O)cc2)CC1. The fourth-order valence-electron chi connectivity index (χ4n) is 2.88. The molecule has 1 aromatic rings. The number of piperidine rings is 1. The van der Waals surface area contributed by atoms with Gasteiger partial charge in [0.05, 0.1) is 5.75 Å². The molecule has 1 heterocycles. The molecule has 1 aliphatic heterocycles. The van der Waals surface area contributed by atoms with Gasteiger partial charge in [0.1, 0.15) is 0 Å². The molecule has 0 atom stereocenters. The first-order valence-corrected chi connectivity index (χ1v) is 10.3. The van der Waals surface area contributed by atoms with Crippen LogP contribution in [0.25, 0.3) is 0 Å². The lowest BCUT2D eigenvalue weighted by atomic mass is 9.97. The van der Waals surface area contributed by atoms with Gasteiger partial charge in [0.25, 0.3) is 0 Å². The Morgan fingerprint density at radius 1 is 1.16 bits per heavy atom. The van der Waals surface area contributed by atoms with Crippen LogP contribution in [0, 0.1) is 5.92 Å². The van der Waals surface area contributed by atoms with Crippen LogP contribution >= 0.6 is 0 Å². The van der Waals surface area contributed by atoms with Crippen LogP contribution in [0.3, 0.4) is 0 Å². The van der Waals surface area contributed by atoms with E-state index < -0.39 is 10.0 Å². The lowest BCUT2D eigenvalue weighted by Gasteiger charge is -2.30. The van der Waals surface area contributed by atoms with E-state index in [0.29, 0.717) is 43.6 Å². The molecule has 25 heavy (non-hydrogen) atoms. The highest BCUT2D eigenvalue weighted by Gasteiger charge is 2.30. The molecule has 2 rings (SSSR count). The Labute approximate surface area is 149 Å². The molecule has 1 N–H and O–H groups in total. The van der Waals surface area contributed by atoms with Crippen molar-refractivity contribution in [2.24, 2.45) is 5.92 Å². The van der Waals surface area contributed by atoms with Crippen LogP contribution in [0.4, 0.5) is 5.69 Å². The zero-order chi connectivity index (χ0) is 18.4. The molecule has 6 nitrogen and oxygen atoms in total. The number of carbonyl (C=O) groups is 2. The third-order valence-corrected chi connectivity index (χ3v) is 6.49. The van der Waals surface area contributed by atoms with Crippen LogP contribution in [0.1, 0.15) is 49.9 Å². The molecule has 0 bridgehead atoms. The average molecular weight is 366 g/mol. The summed E-state index contributed by atoms with van der Waals surface area (Å²) in [7, 11) is -3.20. The van der Waals surface area contributed by atoms with Crippen LogP contribution in [-0.4, -0.2) is 43.3 Å². The van der Waals surface area contributed by atoms with Crippen molar-refractivity contribution < 1.29 is 18.0 Å². The first kappa shape index (κ1) is 19.6. The number of nitrogens with one attached hydrogen (secondary N) is 1. The second kappa shape index (κ2) is 8.58. The Kier molecular flexibility index (Phi) is 6.72. The van der Waals surface area contributed by atoms with Crippen molar-refractivity contribution in [3.8, 4) is 0 Å². The standard InChI is InChI=1S/C18H26N2O4S/c1-3-4-13-25(23,24)20-11-9-16(10-12-20)18(22)19-17-7-5-15(6-8-17)14(2)21/h5-8,16H,3-4,9-13H2,1-2H3,(H,19,22). The van der Waals surface area contributed by atoms with Crippen molar-refractivity contribution >= 4 is 27.4 Å². The van der Waals surface area contributed by atoms with Gasteiger partial charge < -0.3 is 5.32 Å². The number of amides is 1. The first-order valence-electron chi connectivity index (χ1n) is 8.73. The maximum Gasteiger partial charge on any atom is 0.227 e. The Balaban J connectivity index is 1.87. The summed E-state index contributed by atoms with van der Waals surface area (Å²) in [5.74, 6) is -0.121. The van der Waals surface area contributed by atoms with Gasteiger partial charge >= 0.3 is 0 Å². The highest BCUT2D eigenvalue weighted by molar-refractivity contribution is 7.89. The third-order valence-electron chi connectivity index (χ3n) is 4.53. The van der Waals surface area contributed by atoms with Gasteiger partial charge in [-0.05, 0) is 50.5 Å².